The van der Waals surface area contributed by atoms with Crippen LogP contribution in [0.25, 0.3) is 11.0 Å². The number of H-pyrrole nitrogens is 1. The third-order valence-electron chi connectivity index (χ3n) is 8.67. The highest BCUT2D eigenvalue weighted by Gasteiger charge is 2.54. The summed E-state index contributed by atoms with van der Waals surface area (Å²) in [6, 6.07) is 8.06. The molecule has 4 saturated carbocycles. The molecule has 1 aromatic heterocycles. The molecule has 2 amide bonds. The number of carbonyl (C=O) groups excluding carboxylic acids is 2. The Morgan fingerprint density at radius 1 is 1.09 bits per heavy atom. The third kappa shape index (κ3) is 3.52. The van der Waals surface area contributed by atoms with Gasteiger partial charge >= 0.3 is 0 Å². The fourth-order valence-corrected chi connectivity index (χ4v) is 7.64. The van der Waals surface area contributed by atoms with Crippen molar-refractivity contribution < 1.29 is 9.59 Å². The van der Waals surface area contributed by atoms with Gasteiger partial charge in [-0.3, -0.25) is 9.59 Å². The summed E-state index contributed by atoms with van der Waals surface area (Å²) in [4.78, 5) is 36.2. The highest BCUT2D eigenvalue weighted by atomic mass is 16.2. The minimum atomic E-state index is -0.0971. The number of fused-ring (bicyclic) bond motifs is 1. The number of hydrogen-bond donors (Lipinski definition) is 2. The van der Waals surface area contributed by atoms with Crippen molar-refractivity contribution >= 4 is 22.8 Å². The second-order valence-electron chi connectivity index (χ2n) is 10.9. The first kappa shape index (κ1) is 20.3. The van der Waals surface area contributed by atoms with Crippen molar-refractivity contribution in [1.82, 2.24) is 20.2 Å². The van der Waals surface area contributed by atoms with Crippen molar-refractivity contribution in [1.29, 1.82) is 0 Å². The van der Waals surface area contributed by atoms with Crippen molar-refractivity contribution in [2.45, 2.75) is 70.3 Å². The molecule has 5 fully saturated rings. The summed E-state index contributed by atoms with van der Waals surface area (Å²) in [5, 5.41) is 3.22. The van der Waals surface area contributed by atoms with Gasteiger partial charge in [0.1, 0.15) is 5.82 Å². The van der Waals surface area contributed by atoms with Gasteiger partial charge in [0.05, 0.1) is 17.1 Å². The van der Waals surface area contributed by atoms with E-state index in [1.807, 2.05) is 29.2 Å². The molecule has 170 valence electrons. The molecule has 4 aliphatic carbocycles. The smallest absolute Gasteiger partial charge is 0.226 e. The van der Waals surface area contributed by atoms with E-state index < -0.39 is 0 Å². The van der Waals surface area contributed by atoms with Gasteiger partial charge in [0.2, 0.25) is 11.8 Å². The maximum absolute atomic E-state index is 13.1. The van der Waals surface area contributed by atoms with E-state index in [2.05, 4.69) is 10.3 Å². The molecule has 1 atom stereocenters. The Bertz CT molecular complexity index is 959. The maximum Gasteiger partial charge on any atom is 0.226 e. The van der Waals surface area contributed by atoms with E-state index in [-0.39, 0.29) is 23.3 Å². The van der Waals surface area contributed by atoms with Gasteiger partial charge in [0.25, 0.3) is 0 Å². The quantitative estimate of drug-likeness (QED) is 0.664. The van der Waals surface area contributed by atoms with E-state index in [1.165, 1.54) is 19.3 Å². The van der Waals surface area contributed by atoms with E-state index in [9.17, 15) is 9.59 Å². The number of aromatic amines is 1. The number of hydrogen-bond acceptors (Lipinski definition) is 3. The Labute approximate surface area is 189 Å². The lowest BCUT2D eigenvalue weighted by Crippen LogP contribution is -2.53. The number of amides is 2. The molecule has 2 heterocycles. The number of aromatic nitrogens is 2. The predicted molar refractivity (Wildman–Crippen MR) is 123 cm³/mol. The number of rotatable bonds is 6. The highest BCUT2D eigenvalue weighted by Crippen LogP contribution is 2.60. The van der Waals surface area contributed by atoms with E-state index in [1.54, 1.807) is 0 Å². The van der Waals surface area contributed by atoms with Crippen LogP contribution in [0.4, 0.5) is 0 Å². The normalized spacial score (nSPS) is 33.2. The molecule has 2 aromatic rings. The topological polar surface area (TPSA) is 78.1 Å². The maximum atomic E-state index is 13.1. The summed E-state index contributed by atoms with van der Waals surface area (Å²) >= 11 is 0. The zero-order chi connectivity index (χ0) is 21.7. The first-order valence-corrected chi connectivity index (χ1v) is 12.6. The van der Waals surface area contributed by atoms with Crippen LogP contribution in [0.15, 0.2) is 24.3 Å². The summed E-state index contributed by atoms with van der Waals surface area (Å²) in [6.45, 7) is 1.40. The molecule has 32 heavy (non-hydrogen) atoms. The van der Waals surface area contributed by atoms with Gasteiger partial charge in [-0.25, -0.2) is 4.98 Å². The number of nitrogens with zero attached hydrogens (tertiary/aromatic N) is 2. The third-order valence-corrected chi connectivity index (χ3v) is 8.67. The Balaban J connectivity index is 1.02. The van der Waals surface area contributed by atoms with Crippen LogP contribution < -0.4 is 5.32 Å². The van der Waals surface area contributed by atoms with Crippen LogP contribution in [0.1, 0.15) is 76.1 Å². The molecule has 2 N–H and O–H groups in total. The molecule has 1 saturated heterocycles. The number of carbonyl (C=O) groups is 2. The monoisotopic (exact) mass is 434 g/mol. The van der Waals surface area contributed by atoms with Crippen molar-refractivity contribution in [3.8, 4) is 0 Å². The van der Waals surface area contributed by atoms with E-state index in [4.69, 9.17) is 4.98 Å². The second kappa shape index (κ2) is 7.89. The van der Waals surface area contributed by atoms with Gasteiger partial charge in [-0.15, -0.1) is 0 Å². The van der Waals surface area contributed by atoms with Gasteiger partial charge in [0, 0.05) is 24.9 Å². The summed E-state index contributed by atoms with van der Waals surface area (Å²) in [5.41, 5.74) is 1.88. The Morgan fingerprint density at radius 3 is 2.53 bits per heavy atom. The second-order valence-corrected chi connectivity index (χ2v) is 10.9. The molecule has 5 aliphatic rings. The van der Waals surface area contributed by atoms with Gasteiger partial charge < -0.3 is 15.2 Å². The Kier molecular flexibility index (Phi) is 4.99. The van der Waals surface area contributed by atoms with E-state index in [0.29, 0.717) is 19.4 Å². The van der Waals surface area contributed by atoms with E-state index in [0.717, 1.165) is 73.3 Å². The fraction of sp³-hybridized carbons (Fsp3) is 0.654. The van der Waals surface area contributed by atoms with Gasteiger partial charge in [-0.2, -0.15) is 0 Å². The van der Waals surface area contributed by atoms with Gasteiger partial charge in [0.15, 0.2) is 0 Å². The first-order valence-electron chi connectivity index (χ1n) is 12.6. The van der Waals surface area contributed by atoms with Gasteiger partial charge in [-0.05, 0) is 87.7 Å². The van der Waals surface area contributed by atoms with E-state index >= 15 is 0 Å². The predicted octanol–water partition coefficient (Wildman–Crippen LogP) is 4.34. The van der Waals surface area contributed by atoms with Crippen LogP contribution in [-0.4, -0.2) is 39.8 Å². The lowest BCUT2D eigenvalue weighted by molar-refractivity contribution is -0.146. The summed E-state index contributed by atoms with van der Waals surface area (Å²) in [6.07, 6.45) is 10.5. The van der Waals surface area contributed by atoms with Crippen LogP contribution in [-0.2, 0) is 9.59 Å². The SMILES string of the molecule is O=C(CCCNC(=O)C12CC3CC(CC(C3)C1)C2)N1CCCC1c1nc2ccccc2[nH]1. The zero-order valence-corrected chi connectivity index (χ0v) is 18.8. The molecule has 1 aromatic carbocycles. The summed E-state index contributed by atoms with van der Waals surface area (Å²) in [5.74, 6) is 3.67. The number of nitrogens with one attached hydrogen (secondary N) is 2. The largest absolute Gasteiger partial charge is 0.356 e. The molecule has 1 aliphatic heterocycles. The van der Waals surface area contributed by atoms with Crippen molar-refractivity contribution in [3.63, 3.8) is 0 Å². The lowest BCUT2D eigenvalue weighted by Gasteiger charge is -2.55. The average Bonchev–Trinajstić information content (AvgIpc) is 3.42. The lowest BCUT2D eigenvalue weighted by atomic mass is 9.49. The molecule has 6 heteroatoms. The molecule has 4 bridgehead atoms. The van der Waals surface area contributed by atoms with Crippen LogP contribution in [0.5, 0.6) is 0 Å². The average molecular weight is 435 g/mol. The Hall–Kier alpha value is -2.37. The standard InChI is InChI=1S/C26H34N4O2/c31-23(30-10-4-7-22(30)24-28-20-5-1-2-6-21(20)29-24)8-3-9-27-25(32)26-14-17-11-18(15-26)13-19(12-17)16-26/h1-2,5-6,17-19,22H,3-4,7-16H2,(H,27,32)(H,28,29). The van der Waals surface area contributed by atoms with Crippen LogP contribution >= 0.6 is 0 Å². The van der Waals surface area contributed by atoms with Crippen molar-refractivity contribution in [2.24, 2.45) is 23.2 Å². The number of likely N-dealkylation sites (tertiary alicyclic amines) is 1. The van der Waals surface area contributed by atoms with Crippen LogP contribution in [0, 0.1) is 23.2 Å². The highest BCUT2D eigenvalue weighted by molar-refractivity contribution is 5.83. The minimum Gasteiger partial charge on any atom is -0.356 e. The Morgan fingerprint density at radius 2 is 1.81 bits per heavy atom. The van der Waals surface area contributed by atoms with Gasteiger partial charge in [-0.1, -0.05) is 12.1 Å². The number of imidazole rings is 1. The molecular weight excluding hydrogens is 400 g/mol. The zero-order valence-electron chi connectivity index (χ0n) is 18.8. The van der Waals surface area contributed by atoms with Crippen molar-refractivity contribution in [3.05, 3.63) is 30.1 Å². The molecule has 0 radical (unpaired) electrons. The molecule has 6 nitrogen and oxygen atoms in total. The molecule has 0 spiro atoms. The molecule has 7 rings (SSSR count). The van der Waals surface area contributed by atoms with Crippen LogP contribution in [0.3, 0.4) is 0 Å². The van der Waals surface area contributed by atoms with Crippen LogP contribution in [0.2, 0.25) is 0 Å². The summed E-state index contributed by atoms with van der Waals surface area (Å²) in [7, 11) is 0. The number of para-hydroxylation sites is 2. The molecule has 1 unspecified atom stereocenters. The fourth-order valence-electron chi connectivity index (χ4n) is 7.64. The van der Waals surface area contributed by atoms with Crippen molar-refractivity contribution in [2.75, 3.05) is 13.1 Å². The minimum absolute atomic E-state index is 0.0384. The molecular formula is C26H34N4O2. The first-order chi connectivity index (χ1) is 15.6. The summed E-state index contributed by atoms with van der Waals surface area (Å²) < 4.78 is 0. The number of benzene rings is 1.